The standard InChI is InChI=1S/C7H13N3O3S/c8-1-2-9-7(13)10-4-14-3-5(10)6(11)12/h5H,1-4,8H2,(H,9,13)(H,11,12)/t5-/m0/s1. The predicted molar refractivity (Wildman–Crippen MR) is 53.0 cm³/mol. The average Bonchev–Trinajstić information content (AvgIpc) is 2.62. The van der Waals surface area contributed by atoms with Crippen molar-refractivity contribution in [3.8, 4) is 0 Å². The second kappa shape index (κ2) is 5.06. The van der Waals surface area contributed by atoms with Gasteiger partial charge in [-0.25, -0.2) is 9.59 Å². The lowest BCUT2D eigenvalue weighted by molar-refractivity contribution is -0.140. The first kappa shape index (κ1) is 11.1. The fourth-order valence-electron chi connectivity index (χ4n) is 1.13. The lowest BCUT2D eigenvalue weighted by Crippen LogP contribution is -2.47. The molecule has 0 spiro atoms. The summed E-state index contributed by atoms with van der Waals surface area (Å²) in [6.45, 7) is 0.719. The van der Waals surface area contributed by atoms with Crippen molar-refractivity contribution < 1.29 is 14.7 Å². The molecule has 80 valence electrons. The highest BCUT2D eigenvalue weighted by molar-refractivity contribution is 7.99. The summed E-state index contributed by atoms with van der Waals surface area (Å²) in [5, 5.41) is 11.3. The van der Waals surface area contributed by atoms with E-state index >= 15 is 0 Å². The highest BCUT2D eigenvalue weighted by atomic mass is 32.2. The maximum atomic E-state index is 11.4. The number of carbonyl (C=O) groups excluding carboxylic acids is 1. The van der Waals surface area contributed by atoms with Crippen molar-refractivity contribution in [3.05, 3.63) is 0 Å². The van der Waals surface area contributed by atoms with Gasteiger partial charge in [0, 0.05) is 18.8 Å². The smallest absolute Gasteiger partial charge is 0.327 e. The number of carboxylic acid groups (broad SMARTS) is 1. The quantitative estimate of drug-likeness (QED) is 0.572. The number of aliphatic carboxylic acids is 1. The Labute approximate surface area is 85.8 Å². The Balaban J connectivity index is 2.49. The number of carboxylic acids is 1. The number of rotatable bonds is 3. The third kappa shape index (κ3) is 2.52. The summed E-state index contributed by atoms with van der Waals surface area (Å²) in [6.07, 6.45) is 0. The van der Waals surface area contributed by atoms with Crippen LogP contribution in [0.15, 0.2) is 0 Å². The summed E-state index contributed by atoms with van der Waals surface area (Å²) in [5.41, 5.74) is 5.22. The average molecular weight is 219 g/mol. The van der Waals surface area contributed by atoms with E-state index in [0.29, 0.717) is 24.7 Å². The zero-order valence-corrected chi connectivity index (χ0v) is 8.42. The minimum Gasteiger partial charge on any atom is -0.480 e. The van der Waals surface area contributed by atoms with Crippen LogP contribution in [0.4, 0.5) is 4.79 Å². The van der Waals surface area contributed by atoms with Gasteiger partial charge in [0.15, 0.2) is 0 Å². The molecular formula is C7H13N3O3S. The summed E-state index contributed by atoms with van der Waals surface area (Å²) in [5.74, 6) is -0.0865. The van der Waals surface area contributed by atoms with Crippen LogP contribution in [0.1, 0.15) is 0 Å². The SMILES string of the molecule is NCCNC(=O)N1CSC[C@H]1C(=O)O. The molecule has 4 N–H and O–H groups in total. The van der Waals surface area contributed by atoms with E-state index in [1.165, 1.54) is 16.7 Å². The van der Waals surface area contributed by atoms with Crippen LogP contribution < -0.4 is 11.1 Å². The minimum absolute atomic E-state index is 0.352. The zero-order valence-electron chi connectivity index (χ0n) is 7.60. The molecular weight excluding hydrogens is 206 g/mol. The van der Waals surface area contributed by atoms with Gasteiger partial charge in [-0.3, -0.25) is 0 Å². The number of nitrogens with zero attached hydrogens (tertiary/aromatic N) is 1. The molecule has 1 aliphatic heterocycles. The number of hydrogen-bond donors (Lipinski definition) is 3. The van der Waals surface area contributed by atoms with Gasteiger partial charge in [0.05, 0.1) is 5.88 Å². The number of hydrogen-bond acceptors (Lipinski definition) is 4. The van der Waals surface area contributed by atoms with Crippen molar-refractivity contribution >= 4 is 23.8 Å². The van der Waals surface area contributed by atoms with Gasteiger partial charge in [0.2, 0.25) is 0 Å². The monoisotopic (exact) mass is 219 g/mol. The molecule has 14 heavy (non-hydrogen) atoms. The van der Waals surface area contributed by atoms with Gasteiger partial charge in [-0.15, -0.1) is 11.8 Å². The maximum absolute atomic E-state index is 11.4. The first-order chi connectivity index (χ1) is 6.66. The molecule has 7 heteroatoms. The summed E-state index contributed by atoms with van der Waals surface area (Å²) in [6, 6.07) is -1.06. The largest absolute Gasteiger partial charge is 0.480 e. The Hall–Kier alpha value is -0.950. The van der Waals surface area contributed by atoms with Crippen molar-refractivity contribution in [3.63, 3.8) is 0 Å². The molecule has 0 unspecified atom stereocenters. The Morgan fingerprint density at radius 1 is 1.64 bits per heavy atom. The molecule has 0 saturated carbocycles. The summed E-state index contributed by atoms with van der Waals surface area (Å²) >= 11 is 1.43. The van der Waals surface area contributed by atoms with Crippen LogP contribution in [-0.2, 0) is 4.79 Å². The topological polar surface area (TPSA) is 95.7 Å². The molecule has 0 aromatic carbocycles. The van der Waals surface area contributed by atoms with Crippen LogP contribution in [0.25, 0.3) is 0 Å². The number of urea groups is 1. The highest BCUT2D eigenvalue weighted by Gasteiger charge is 2.34. The van der Waals surface area contributed by atoms with Gasteiger partial charge in [-0.1, -0.05) is 0 Å². The molecule has 0 radical (unpaired) electrons. The number of amides is 2. The van der Waals surface area contributed by atoms with E-state index in [2.05, 4.69) is 5.32 Å². The first-order valence-corrected chi connectivity index (χ1v) is 5.37. The van der Waals surface area contributed by atoms with Gasteiger partial charge in [0.25, 0.3) is 0 Å². The number of carbonyl (C=O) groups is 2. The van der Waals surface area contributed by atoms with E-state index in [1.54, 1.807) is 0 Å². The number of thioether (sulfide) groups is 1. The van der Waals surface area contributed by atoms with Crippen molar-refractivity contribution in [2.75, 3.05) is 24.7 Å². The first-order valence-electron chi connectivity index (χ1n) is 4.22. The third-order valence-electron chi connectivity index (χ3n) is 1.85. The van der Waals surface area contributed by atoms with Crippen LogP contribution in [-0.4, -0.2) is 52.8 Å². The molecule has 1 heterocycles. The zero-order chi connectivity index (χ0) is 10.6. The Kier molecular flexibility index (Phi) is 4.02. The van der Waals surface area contributed by atoms with Gasteiger partial charge < -0.3 is 21.1 Å². The maximum Gasteiger partial charge on any atom is 0.327 e. The molecule has 1 aliphatic rings. The van der Waals surface area contributed by atoms with Crippen molar-refractivity contribution in [1.82, 2.24) is 10.2 Å². The Morgan fingerprint density at radius 2 is 2.36 bits per heavy atom. The third-order valence-corrected chi connectivity index (χ3v) is 2.86. The summed E-state index contributed by atoms with van der Waals surface area (Å²) in [4.78, 5) is 23.4. The highest BCUT2D eigenvalue weighted by Crippen LogP contribution is 2.20. The number of nitrogens with two attached hydrogens (primary N) is 1. The lowest BCUT2D eigenvalue weighted by atomic mass is 10.3. The molecule has 1 atom stereocenters. The molecule has 2 amide bonds. The van der Waals surface area contributed by atoms with E-state index in [-0.39, 0.29) is 6.03 Å². The second-order valence-corrected chi connectivity index (χ2v) is 3.84. The Morgan fingerprint density at radius 3 is 2.93 bits per heavy atom. The van der Waals surface area contributed by atoms with Gasteiger partial charge in [-0.05, 0) is 0 Å². The van der Waals surface area contributed by atoms with Crippen LogP contribution in [0.5, 0.6) is 0 Å². The van der Waals surface area contributed by atoms with Crippen LogP contribution in [0.2, 0.25) is 0 Å². The number of nitrogens with one attached hydrogen (secondary N) is 1. The molecule has 1 fully saturated rings. The molecule has 0 aliphatic carbocycles. The molecule has 6 nitrogen and oxygen atoms in total. The lowest BCUT2D eigenvalue weighted by Gasteiger charge is -2.20. The van der Waals surface area contributed by atoms with Crippen molar-refractivity contribution in [2.45, 2.75) is 6.04 Å². The second-order valence-electron chi connectivity index (χ2n) is 2.84. The molecule has 0 bridgehead atoms. The van der Waals surface area contributed by atoms with Crippen LogP contribution in [0.3, 0.4) is 0 Å². The fourth-order valence-corrected chi connectivity index (χ4v) is 2.27. The van der Waals surface area contributed by atoms with E-state index in [0.717, 1.165) is 0 Å². The predicted octanol–water partition coefficient (Wildman–Crippen LogP) is -0.886. The summed E-state index contributed by atoms with van der Waals surface area (Å²) < 4.78 is 0. The Bertz CT molecular complexity index is 236. The van der Waals surface area contributed by atoms with Crippen molar-refractivity contribution in [1.29, 1.82) is 0 Å². The van der Waals surface area contributed by atoms with Crippen LogP contribution in [0, 0.1) is 0 Å². The van der Waals surface area contributed by atoms with E-state index in [4.69, 9.17) is 10.8 Å². The van der Waals surface area contributed by atoms with E-state index in [1.807, 2.05) is 0 Å². The van der Waals surface area contributed by atoms with E-state index < -0.39 is 12.0 Å². The summed E-state index contributed by atoms with van der Waals surface area (Å²) in [7, 11) is 0. The van der Waals surface area contributed by atoms with Gasteiger partial charge in [0.1, 0.15) is 6.04 Å². The van der Waals surface area contributed by atoms with Gasteiger partial charge >= 0.3 is 12.0 Å². The molecule has 1 saturated heterocycles. The van der Waals surface area contributed by atoms with Crippen molar-refractivity contribution in [2.24, 2.45) is 5.73 Å². The molecule has 0 aromatic rings. The molecule has 0 aromatic heterocycles. The minimum atomic E-state index is -0.960. The van der Waals surface area contributed by atoms with Gasteiger partial charge in [-0.2, -0.15) is 0 Å². The van der Waals surface area contributed by atoms with Crippen LogP contribution >= 0.6 is 11.8 Å². The normalized spacial score (nSPS) is 20.9. The fraction of sp³-hybridized carbons (Fsp3) is 0.714. The molecule has 1 rings (SSSR count). The van der Waals surface area contributed by atoms with E-state index in [9.17, 15) is 9.59 Å².